The lowest BCUT2D eigenvalue weighted by atomic mass is 10.1. The van der Waals surface area contributed by atoms with Crippen molar-refractivity contribution >= 4 is 11.6 Å². The summed E-state index contributed by atoms with van der Waals surface area (Å²) in [4.78, 5) is 19.2. The minimum Gasteiger partial charge on any atom is -0.484 e. The molecular formula is C21H19F2N3O3. The summed E-state index contributed by atoms with van der Waals surface area (Å²) in [5, 5.41) is 12.9. The topological polar surface area (TPSA) is 74.9 Å². The number of amides is 1. The standard InChI is InChI=1S/C21H19F2N3O3/c22-17-2-4-19(5-3-17)28-14-21(27)26-9-7-18(8-10-26)25-29-13-15-1-6-20(23)16(11-15)12-24/h1-6,11H,7-10,13-14H2. The van der Waals surface area contributed by atoms with Crippen LogP contribution in [0.4, 0.5) is 8.78 Å². The Balaban J connectivity index is 1.42. The van der Waals surface area contributed by atoms with Gasteiger partial charge in [-0.2, -0.15) is 5.26 Å². The van der Waals surface area contributed by atoms with E-state index in [0.717, 1.165) is 5.71 Å². The highest BCUT2D eigenvalue weighted by atomic mass is 19.1. The average molecular weight is 399 g/mol. The molecule has 29 heavy (non-hydrogen) atoms. The van der Waals surface area contributed by atoms with Crippen LogP contribution in [-0.4, -0.2) is 36.2 Å². The van der Waals surface area contributed by atoms with E-state index in [4.69, 9.17) is 14.8 Å². The molecule has 1 saturated heterocycles. The Kier molecular flexibility index (Phi) is 6.74. The van der Waals surface area contributed by atoms with Crippen LogP contribution in [-0.2, 0) is 16.2 Å². The van der Waals surface area contributed by atoms with Crippen molar-refractivity contribution in [2.45, 2.75) is 19.4 Å². The number of hydrogen-bond donors (Lipinski definition) is 0. The molecule has 150 valence electrons. The minimum atomic E-state index is -0.567. The number of rotatable bonds is 6. The van der Waals surface area contributed by atoms with Crippen LogP contribution in [0.3, 0.4) is 0 Å². The van der Waals surface area contributed by atoms with Crippen molar-refractivity contribution in [1.29, 1.82) is 5.26 Å². The van der Waals surface area contributed by atoms with Crippen LogP contribution < -0.4 is 4.74 Å². The number of piperidine rings is 1. The summed E-state index contributed by atoms with van der Waals surface area (Å²) < 4.78 is 31.6. The second kappa shape index (κ2) is 9.64. The Hall–Kier alpha value is -3.47. The molecule has 3 rings (SSSR count). The van der Waals surface area contributed by atoms with Crippen LogP contribution in [0.15, 0.2) is 47.6 Å². The van der Waals surface area contributed by atoms with Gasteiger partial charge in [0.15, 0.2) is 6.61 Å². The molecule has 1 aliphatic rings. The van der Waals surface area contributed by atoms with E-state index in [2.05, 4.69) is 5.16 Å². The Morgan fingerprint density at radius 3 is 2.55 bits per heavy atom. The van der Waals surface area contributed by atoms with Gasteiger partial charge >= 0.3 is 0 Å². The molecule has 1 aliphatic heterocycles. The number of likely N-dealkylation sites (tertiary alicyclic amines) is 1. The fraction of sp³-hybridized carbons (Fsp3) is 0.286. The fourth-order valence-corrected chi connectivity index (χ4v) is 2.82. The summed E-state index contributed by atoms with van der Waals surface area (Å²) in [5.74, 6) is -0.640. The Morgan fingerprint density at radius 1 is 1.14 bits per heavy atom. The van der Waals surface area contributed by atoms with Crippen LogP contribution in [0.2, 0.25) is 0 Å². The molecule has 0 saturated carbocycles. The highest BCUT2D eigenvalue weighted by Gasteiger charge is 2.20. The molecule has 2 aromatic rings. The largest absolute Gasteiger partial charge is 0.484 e. The molecule has 0 atom stereocenters. The summed E-state index contributed by atoms with van der Waals surface area (Å²) in [6, 6.07) is 11.5. The van der Waals surface area contributed by atoms with E-state index in [0.29, 0.717) is 37.2 Å². The van der Waals surface area contributed by atoms with E-state index in [1.165, 1.54) is 36.4 Å². The lowest BCUT2D eigenvalue weighted by Crippen LogP contribution is -2.41. The summed E-state index contributed by atoms with van der Waals surface area (Å²) in [7, 11) is 0. The molecule has 2 aromatic carbocycles. The van der Waals surface area contributed by atoms with E-state index < -0.39 is 5.82 Å². The average Bonchev–Trinajstić information content (AvgIpc) is 2.75. The maximum atomic E-state index is 13.3. The summed E-state index contributed by atoms with van der Waals surface area (Å²) >= 11 is 0. The Bertz CT molecular complexity index is 929. The quantitative estimate of drug-likeness (QED) is 0.698. The van der Waals surface area contributed by atoms with Crippen molar-refractivity contribution in [3.63, 3.8) is 0 Å². The molecule has 8 heteroatoms. The van der Waals surface area contributed by atoms with E-state index in [1.54, 1.807) is 17.0 Å². The van der Waals surface area contributed by atoms with Crippen LogP contribution in [0, 0.1) is 23.0 Å². The molecule has 1 fully saturated rings. The maximum absolute atomic E-state index is 13.3. The van der Waals surface area contributed by atoms with Crippen LogP contribution in [0.25, 0.3) is 0 Å². The highest BCUT2D eigenvalue weighted by molar-refractivity contribution is 5.87. The monoisotopic (exact) mass is 399 g/mol. The molecule has 1 amide bonds. The summed E-state index contributed by atoms with van der Waals surface area (Å²) in [5.41, 5.74) is 1.45. The van der Waals surface area contributed by atoms with Gasteiger partial charge in [0.1, 0.15) is 30.1 Å². The number of carbonyl (C=O) groups excluding carboxylic acids is 1. The molecule has 6 nitrogen and oxygen atoms in total. The molecule has 0 radical (unpaired) electrons. The van der Waals surface area contributed by atoms with E-state index in [-0.39, 0.29) is 30.5 Å². The van der Waals surface area contributed by atoms with E-state index in [1.807, 2.05) is 0 Å². The first-order valence-corrected chi connectivity index (χ1v) is 9.07. The van der Waals surface area contributed by atoms with Crippen LogP contribution >= 0.6 is 0 Å². The lowest BCUT2D eigenvalue weighted by Gasteiger charge is -2.27. The number of hydrogen-bond acceptors (Lipinski definition) is 5. The van der Waals surface area contributed by atoms with E-state index in [9.17, 15) is 13.6 Å². The Morgan fingerprint density at radius 2 is 1.86 bits per heavy atom. The first kappa shape index (κ1) is 20.3. The SMILES string of the molecule is N#Cc1cc(CON=C2CCN(C(=O)COc3ccc(F)cc3)CC2)ccc1F. The van der Waals surface area contributed by atoms with Gasteiger partial charge in [-0.15, -0.1) is 0 Å². The van der Waals surface area contributed by atoms with Crippen molar-refractivity contribution in [2.24, 2.45) is 5.16 Å². The molecule has 0 aromatic heterocycles. The van der Waals surface area contributed by atoms with Gasteiger partial charge in [-0.3, -0.25) is 4.79 Å². The first-order chi connectivity index (χ1) is 14.0. The third-order valence-electron chi connectivity index (χ3n) is 4.45. The maximum Gasteiger partial charge on any atom is 0.260 e. The zero-order valence-corrected chi connectivity index (χ0v) is 15.6. The number of benzene rings is 2. The van der Waals surface area contributed by atoms with Crippen molar-refractivity contribution in [1.82, 2.24) is 4.90 Å². The molecule has 0 bridgehead atoms. The van der Waals surface area contributed by atoms with Gasteiger partial charge in [-0.05, 0) is 42.0 Å². The minimum absolute atomic E-state index is 0.0339. The number of halogens is 2. The van der Waals surface area contributed by atoms with Gasteiger partial charge in [-0.25, -0.2) is 8.78 Å². The fourth-order valence-electron chi connectivity index (χ4n) is 2.82. The molecule has 0 aliphatic carbocycles. The third kappa shape index (κ3) is 5.75. The van der Waals surface area contributed by atoms with Crippen LogP contribution in [0.5, 0.6) is 5.75 Å². The normalized spacial score (nSPS) is 13.6. The van der Waals surface area contributed by atoms with Gasteiger partial charge in [0.2, 0.25) is 0 Å². The number of carbonyl (C=O) groups is 1. The van der Waals surface area contributed by atoms with Gasteiger partial charge < -0.3 is 14.5 Å². The predicted molar refractivity (Wildman–Crippen MR) is 101 cm³/mol. The lowest BCUT2D eigenvalue weighted by molar-refractivity contribution is -0.133. The number of nitriles is 1. The van der Waals surface area contributed by atoms with Gasteiger partial charge in [0, 0.05) is 25.9 Å². The van der Waals surface area contributed by atoms with Crippen molar-refractivity contribution in [3.05, 3.63) is 65.2 Å². The van der Waals surface area contributed by atoms with Crippen molar-refractivity contribution in [2.75, 3.05) is 19.7 Å². The highest BCUT2D eigenvalue weighted by Crippen LogP contribution is 2.14. The van der Waals surface area contributed by atoms with Gasteiger partial charge in [0.25, 0.3) is 5.91 Å². The van der Waals surface area contributed by atoms with Gasteiger partial charge in [-0.1, -0.05) is 11.2 Å². The van der Waals surface area contributed by atoms with Crippen LogP contribution in [0.1, 0.15) is 24.0 Å². The molecule has 0 N–H and O–H groups in total. The summed E-state index contributed by atoms with van der Waals surface area (Å²) in [6.45, 7) is 1.03. The third-order valence-corrected chi connectivity index (χ3v) is 4.45. The zero-order chi connectivity index (χ0) is 20.6. The summed E-state index contributed by atoms with van der Waals surface area (Å²) in [6.07, 6.45) is 1.16. The molecule has 0 unspecified atom stereocenters. The number of oxime groups is 1. The molecular weight excluding hydrogens is 380 g/mol. The van der Waals surface area contributed by atoms with E-state index >= 15 is 0 Å². The smallest absolute Gasteiger partial charge is 0.260 e. The number of nitrogens with zero attached hydrogens (tertiary/aromatic N) is 3. The second-order valence-electron chi connectivity index (χ2n) is 6.48. The molecule has 1 heterocycles. The Labute approximate surface area is 166 Å². The van der Waals surface area contributed by atoms with Crippen molar-refractivity contribution in [3.8, 4) is 11.8 Å². The number of ether oxygens (including phenoxy) is 1. The predicted octanol–water partition coefficient (Wildman–Crippen LogP) is 3.41. The van der Waals surface area contributed by atoms with Crippen molar-refractivity contribution < 1.29 is 23.1 Å². The molecule has 0 spiro atoms. The van der Waals surface area contributed by atoms with Gasteiger partial charge in [0.05, 0.1) is 11.3 Å². The second-order valence-corrected chi connectivity index (χ2v) is 6.48. The first-order valence-electron chi connectivity index (χ1n) is 9.07. The zero-order valence-electron chi connectivity index (χ0n) is 15.6.